The molecule has 58 valence electrons. The summed E-state index contributed by atoms with van der Waals surface area (Å²) in [5, 5.41) is 16.5. The van der Waals surface area contributed by atoms with Crippen LogP contribution in [0.5, 0.6) is 0 Å². The molecule has 0 fully saturated rings. The van der Waals surface area contributed by atoms with E-state index in [1.807, 2.05) is 11.9 Å². The molecule has 0 amide bonds. The summed E-state index contributed by atoms with van der Waals surface area (Å²) in [5.41, 5.74) is 0. The zero-order chi connectivity index (χ0) is 7.82. The third-order valence-electron chi connectivity index (χ3n) is 1.04. The standard InChI is InChI=1S/C7H13NO2/c1-8(4-2-6-9)5-3-7-10/h2-3,6-7,9-10H,4-5H2,1H3/b6-2+,7-3+. The third-order valence-corrected chi connectivity index (χ3v) is 1.04. The Kier molecular flexibility index (Phi) is 5.57. The van der Waals surface area contributed by atoms with Crippen molar-refractivity contribution < 1.29 is 10.2 Å². The second-order valence-corrected chi connectivity index (χ2v) is 1.99. The maximum atomic E-state index is 8.27. The Bertz CT molecular complexity index is 107. The molecule has 0 aliphatic heterocycles. The van der Waals surface area contributed by atoms with Crippen LogP contribution in [0.25, 0.3) is 0 Å². The lowest BCUT2D eigenvalue weighted by atomic mass is 10.5. The molecule has 0 saturated carbocycles. The molecule has 0 aromatic heterocycles. The van der Waals surface area contributed by atoms with Crippen molar-refractivity contribution >= 4 is 0 Å². The van der Waals surface area contributed by atoms with Crippen LogP contribution in [0.4, 0.5) is 0 Å². The van der Waals surface area contributed by atoms with E-state index in [1.165, 1.54) is 0 Å². The normalized spacial score (nSPS) is 12.2. The van der Waals surface area contributed by atoms with Crippen LogP contribution in [0, 0.1) is 0 Å². The number of aliphatic hydroxyl groups excluding tert-OH is 2. The fourth-order valence-electron chi connectivity index (χ4n) is 0.529. The molecule has 10 heavy (non-hydrogen) atoms. The second kappa shape index (κ2) is 6.16. The highest BCUT2D eigenvalue weighted by Crippen LogP contribution is 1.82. The molecule has 0 unspecified atom stereocenters. The van der Waals surface area contributed by atoms with Gasteiger partial charge in [-0.2, -0.15) is 0 Å². The van der Waals surface area contributed by atoms with Crippen LogP contribution < -0.4 is 0 Å². The average Bonchev–Trinajstić information content (AvgIpc) is 1.97. The van der Waals surface area contributed by atoms with Crippen molar-refractivity contribution in [3.05, 3.63) is 24.7 Å². The topological polar surface area (TPSA) is 43.7 Å². The first-order valence-corrected chi connectivity index (χ1v) is 3.08. The molecule has 0 spiro atoms. The zero-order valence-electron chi connectivity index (χ0n) is 6.07. The van der Waals surface area contributed by atoms with Gasteiger partial charge in [0.1, 0.15) is 0 Å². The first-order chi connectivity index (χ1) is 4.81. The van der Waals surface area contributed by atoms with Gasteiger partial charge in [-0.05, 0) is 19.2 Å². The van der Waals surface area contributed by atoms with Crippen LogP contribution in [0.2, 0.25) is 0 Å². The molecule has 0 aromatic rings. The summed E-state index contributed by atoms with van der Waals surface area (Å²) < 4.78 is 0. The van der Waals surface area contributed by atoms with Crippen molar-refractivity contribution in [1.29, 1.82) is 0 Å². The van der Waals surface area contributed by atoms with Gasteiger partial charge in [0.05, 0.1) is 12.5 Å². The smallest absolute Gasteiger partial charge is 0.0764 e. The molecule has 0 aromatic carbocycles. The second-order valence-electron chi connectivity index (χ2n) is 1.99. The van der Waals surface area contributed by atoms with Crippen molar-refractivity contribution in [2.45, 2.75) is 0 Å². The molecule has 3 heteroatoms. The van der Waals surface area contributed by atoms with Crippen molar-refractivity contribution in [3.8, 4) is 0 Å². The summed E-state index contributed by atoms with van der Waals surface area (Å²) in [6.45, 7) is 1.36. The van der Waals surface area contributed by atoms with Gasteiger partial charge in [0.25, 0.3) is 0 Å². The molecule has 0 saturated heterocycles. The summed E-state index contributed by atoms with van der Waals surface area (Å²) >= 11 is 0. The van der Waals surface area contributed by atoms with E-state index in [-0.39, 0.29) is 0 Å². The van der Waals surface area contributed by atoms with Gasteiger partial charge in [-0.3, -0.25) is 4.90 Å². The average molecular weight is 143 g/mol. The number of nitrogens with zero attached hydrogens (tertiary/aromatic N) is 1. The molecular formula is C7H13NO2. The summed E-state index contributed by atoms with van der Waals surface area (Å²) in [5.74, 6) is 0. The van der Waals surface area contributed by atoms with Gasteiger partial charge in [-0.25, -0.2) is 0 Å². The minimum Gasteiger partial charge on any atom is -0.516 e. The van der Waals surface area contributed by atoms with Gasteiger partial charge in [0.2, 0.25) is 0 Å². The van der Waals surface area contributed by atoms with Gasteiger partial charge in [-0.15, -0.1) is 0 Å². The maximum absolute atomic E-state index is 8.27. The largest absolute Gasteiger partial charge is 0.516 e. The third kappa shape index (κ3) is 5.18. The Morgan fingerprint density at radius 2 is 1.50 bits per heavy atom. The van der Waals surface area contributed by atoms with Gasteiger partial charge >= 0.3 is 0 Å². The number of rotatable bonds is 4. The van der Waals surface area contributed by atoms with Gasteiger partial charge < -0.3 is 10.2 Å². The molecule has 0 bridgehead atoms. The summed E-state index contributed by atoms with van der Waals surface area (Å²) in [6.07, 6.45) is 5.29. The SMILES string of the molecule is CN(C/C=C/O)C/C=C/O. The number of hydrogen-bond donors (Lipinski definition) is 2. The van der Waals surface area contributed by atoms with Gasteiger partial charge in [-0.1, -0.05) is 0 Å². The van der Waals surface area contributed by atoms with E-state index in [9.17, 15) is 0 Å². The predicted octanol–water partition coefficient (Wildman–Crippen LogP) is 1.06. The summed E-state index contributed by atoms with van der Waals surface area (Å²) in [7, 11) is 1.89. The van der Waals surface area contributed by atoms with Crippen molar-refractivity contribution in [2.24, 2.45) is 0 Å². The Morgan fingerprint density at radius 3 is 1.80 bits per heavy atom. The first kappa shape index (κ1) is 9.04. The first-order valence-electron chi connectivity index (χ1n) is 3.08. The lowest BCUT2D eigenvalue weighted by Crippen LogP contribution is -2.17. The van der Waals surface area contributed by atoms with Crippen molar-refractivity contribution in [2.75, 3.05) is 20.1 Å². The van der Waals surface area contributed by atoms with Crippen LogP contribution >= 0.6 is 0 Å². The minimum absolute atomic E-state index is 0.681. The molecule has 2 N–H and O–H groups in total. The highest BCUT2D eigenvalue weighted by Gasteiger charge is 1.88. The lowest BCUT2D eigenvalue weighted by Gasteiger charge is -2.09. The fraction of sp³-hybridized carbons (Fsp3) is 0.429. The monoisotopic (exact) mass is 143 g/mol. The molecule has 0 heterocycles. The number of hydrogen-bond acceptors (Lipinski definition) is 3. The fourth-order valence-corrected chi connectivity index (χ4v) is 0.529. The Morgan fingerprint density at radius 1 is 1.10 bits per heavy atom. The molecule has 0 aliphatic carbocycles. The van der Waals surface area contributed by atoms with Crippen LogP contribution in [0.1, 0.15) is 0 Å². The van der Waals surface area contributed by atoms with Crippen LogP contribution in [0.15, 0.2) is 24.7 Å². The van der Waals surface area contributed by atoms with E-state index >= 15 is 0 Å². The highest BCUT2D eigenvalue weighted by atomic mass is 16.2. The molecule has 0 atom stereocenters. The van der Waals surface area contributed by atoms with Crippen LogP contribution in [0.3, 0.4) is 0 Å². The molecule has 0 rings (SSSR count). The van der Waals surface area contributed by atoms with E-state index in [2.05, 4.69) is 0 Å². The van der Waals surface area contributed by atoms with Gasteiger partial charge in [0, 0.05) is 13.1 Å². The quantitative estimate of drug-likeness (QED) is 0.578. The van der Waals surface area contributed by atoms with E-state index in [0.29, 0.717) is 13.1 Å². The number of likely N-dealkylation sites (N-methyl/N-ethyl adjacent to an activating group) is 1. The van der Waals surface area contributed by atoms with Crippen LogP contribution in [-0.2, 0) is 0 Å². The van der Waals surface area contributed by atoms with E-state index in [1.54, 1.807) is 12.2 Å². The van der Waals surface area contributed by atoms with Crippen molar-refractivity contribution in [1.82, 2.24) is 4.90 Å². The van der Waals surface area contributed by atoms with E-state index < -0.39 is 0 Å². The highest BCUT2D eigenvalue weighted by molar-refractivity contribution is 4.81. The molecule has 3 nitrogen and oxygen atoms in total. The zero-order valence-corrected chi connectivity index (χ0v) is 6.07. The van der Waals surface area contributed by atoms with E-state index in [4.69, 9.17) is 10.2 Å². The minimum atomic E-state index is 0.681. The Labute approximate surface area is 60.9 Å². The number of aliphatic hydroxyl groups is 2. The van der Waals surface area contributed by atoms with E-state index in [0.717, 1.165) is 12.5 Å². The van der Waals surface area contributed by atoms with Gasteiger partial charge in [0.15, 0.2) is 0 Å². The Balaban J connectivity index is 3.33. The summed E-state index contributed by atoms with van der Waals surface area (Å²) in [4.78, 5) is 1.93. The maximum Gasteiger partial charge on any atom is 0.0764 e. The lowest BCUT2D eigenvalue weighted by molar-refractivity contribution is 0.394. The van der Waals surface area contributed by atoms with Crippen LogP contribution in [-0.4, -0.2) is 35.3 Å². The summed E-state index contributed by atoms with van der Waals surface area (Å²) in [6, 6.07) is 0. The molecular weight excluding hydrogens is 130 g/mol. The van der Waals surface area contributed by atoms with Crippen molar-refractivity contribution in [3.63, 3.8) is 0 Å². The predicted molar refractivity (Wildman–Crippen MR) is 41.0 cm³/mol. The molecule has 0 aliphatic rings. The Hall–Kier alpha value is -0.960. The molecule has 0 radical (unpaired) electrons.